The molecular formula is C25H23NO7S. The maximum atomic E-state index is 12.7. The molecule has 0 saturated carbocycles. The van der Waals surface area contributed by atoms with Crippen LogP contribution in [-0.2, 0) is 19.1 Å². The summed E-state index contributed by atoms with van der Waals surface area (Å²) in [6.45, 7) is 3.44. The Morgan fingerprint density at radius 1 is 1.06 bits per heavy atom. The molecule has 1 N–H and O–H groups in total. The average molecular weight is 482 g/mol. The van der Waals surface area contributed by atoms with Crippen LogP contribution in [-0.4, -0.2) is 48.3 Å². The smallest absolute Gasteiger partial charge is 0.344 e. The van der Waals surface area contributed by atoms with Crippen LogP contribution >= 0.6 is 11.8 Å². The first-order chi connectivity index (χ1) is 16.3. The van der Waals surface area contributed by atoms with E-state index in [-0.39, 0.29) is 29.6 Å². The molecule has 176 valence electrons. The molecule has 2 aromatic carbocycles. The minimum atomic E-state index is -0.766. The Morgan fingerprint density at radius 3 is 2.35 bits per heavy atom. The van der Waals surface area contributed by atoms with E-state index >= 15 is 0 Å². The average Bonchev–Trinajstić information content (AvgIpc) is 3.13. The number of carbonyl (C=O) groups excluding carboxylic acids is 3. The van der Waals surface area contributed by atoms with Crippen molar-refractivity contribution in [2.24, 2.45) is 4.99 Å². The fourth-order valence-corrected chi connectivity index (χ4v) is 3.87. The van der Waals surface area contributed by atoms with Crippen molar-refractivity contribution < 1.29 is 33.7 Å². The number of rotatable bonds is 7. The Kier molecular flexibility index (Phi) is 8.26. The van der Waals surface area contributed by atoms with Gasteiger partial charge < -0.3 is 19.3 Å². The van der Waals surface area contributed by atoms with Crippen molar-refractivity contribution in [2.75, 3.05) is 20.3 Å². The molecule has 8 nitrogen and oxygen atoms in total. The van der Waals surface area contributed by atoms with Crippen molar-refractivity contribution in [3.63, 3.8) is 0 Å². The zero-order valence-electron chi connectivity index (χ0n) is 18.9. The van der Waals surface area contributed by atoms with Gasteiger partial charge in [0.2, 0.25) is 0 Å². The number of aliphatic hydroxyl groups excluding tert-OH is 1. The van der Waals surface area contributed by atoms with Gasteiger partial charge in [-0.1, -0.05) is 41.6 Å². The second kappa shape index (κ2) is 11.3. The summed E-state index contributed by atoms with van der Waals surface area (Å²) >= 11 is 0.996. The lowest BCUT2D eigenvalue weighted by molar-refractivity contribution is -0.143. The van der Waals surface area contributed by atoms with Crippen LogP contribution in [0.5, 0.6) is 5.75 Å². The van der Waals surface area contributed by atoms with E-state index in [0.29, 0.717) is 21.8 Å². The summed E-state index contributed by atoms with van der Waals surface area (Å²) in [5, 5.41) is 10.8. The van der Waals surface area contributed by atoms with E-state index < -0.39 is 17.8 Å². The molecular weight excluding hydrogens is 458 g/mol. The predicted molar refractivity (Wildman–Crippen MR) is 129 cm³/mol. The summed E-state index contributed by atoms with van der Waals surface area (Å²) in [5.41, 5.74) is 1.89. The van der Waals surface area contributed by atoms with Gasteiger partial charge in [0.25, 0.3) is 5.91 Å². The van der Waals surface area contributed by atoms with Crippen LogP contribution in [0.15, 0.2) is 69.8 Å². The van der Waals surface area contributed by atoms with Crippen molar-refractivity contribution in [1.29, 1.82) is 0 Å². The minimum absolute atomic E-state index is 0.0609. The lowest BCUT2D eigenvalue weighted by atomic mass is 10.1. The van der Waals surface area contributed by atoms with Crippen LogP contribution < -0.4 is 4.74 Å². The first-order valence-electron chi connectivity index (χ1n) is 10.3. The predicted octanol–water partition coefficient (Wildman–Crippen LogP) is 4.25. The molecule has 0 saturated heterocycles. The summed E-state index contributed by atoms with van der Waals surface area (Å²) in [4.78, 5) is 40.8. The number of hydrogen-bond donors (Lipinski definition) is 1. The van der Waals surface area contributed by atoms with Crippen LogP contribution in [0, 0.1) is 6.92 Å². The third-order valence-corrected chi connectivity index (χ3v) is 5.65. The number of aliphatic hydroxyl groups is 1. The van der Waals surface area contributed by atoms with Gasteiger partial charge in [-0.05, 0) is 49.8 Å². The molecule has 0 spiro atoms. The summed E-state index contributed by atoms with van der Waals surface area (Å²) in [6.07, 6.45) is 1.64. The second-order valence-electron chi connectivity index (χ2n) is 7.08. The van der Waals surface area contributed by atoms with Gasteiger partial charge in [0.1, 0.15) is 22.1 Å². The summed E-state index contributed by atoms with van der Waals surface area (Å²) in [5.74, 6) is -1.65. The monoisotopic (exact) mass is 481 g/mol. The van der Waals surface area contributed by atoms with E-state index in [2.05, 4.69) is 9.73 Å². The highest BCUT2D eigenvalue weighted by Gasteiger charge is 2.33. The molecule has 1 amide bonds. The standard InChI is InChI=1S/C25H23NO7S/c1-4-32-25(30)21-22(28)19(13-16-7-11-18(12-8-16)33-14-20(27)31-3)34-24(21)26-23(29)17-9-5-15(2)6-10-17/h5-13,28H,4,14H2,1-3H3. The van der Waals surface area contributed by atoms with Crippen molar-refractivity contribution in [3.05, 3.63) is 81.5 Å². The highest BCUT2D eigenvalue weighted by molar-refractivity contribution is 8.18. The van der Waals surface area contributed by atoms with E-state index in [9.17, 15) is 19.5 Å². The van der Waals surface area contributed by atoms with Crippen molar-refractivity contribution in [3.8, 4) is 5.75 Å². The maximum absolute atomic E-state index is 12.7. The molecule has 0 unspecified atom stereocenters. The highest BCUT2D eigenvalue weighted by atomic mass is 32.2. The fraction of sp³-hybridized carbons (Fsp3) is 0.200. The number of ether oxygens (including phenoxy) is 3. The molecule has 0 aliphatic carbocycles. The molecule has 9 heteroatoms. The van der Waals surface area contributed by atoms with Crippen molar-refractivity contribution in [2.45, 2.75) is 13.8 Å². The van der Waals surface area contributed by atoms with Gasteiger partial charge in [-0.15, -0.1) is 0 Å². The lowest BCUT2D eigenvalue weighted by Crippen LogP contribution is -2.14. The second-order valence-corrected chi connectivity index (χ2v) is 8.11. The summed E-state index contributed by atoms with van der Waals surface area (Å²) < 4.78 is 14.9. The van der Waals surface area contributed by atoms with Gasteiger partial charge in [-0.2, -0.15) is 0 Å². The molecule has 34 heavy (non-hydrogen) atoms. The molecule has 0 aromatic heterocycles. The zero-order valence-corrected chi connectivity index (χ0v) is 19.7. The first kappa shape index (κ1) is 24.8. The largest absolute Gasteiger partial charge is 0.506 e. The molecule has 1 heterocycles. The van der Waals surface area contributed by atoms with E-state index in [4.69, 9.17) is 9.47 Å². The Hall–Kier alpha value is -3.85. The van der Waals surface area contributed by atoms with Gasteiger partial charge in [0.15, 0.2) is 6.61 Å². The SMILES string of the molecule is CCOC(=O)C1=C(O)C(=Cc2ccc(OCC(=O)OC)cc2)SC1=NC(=O)c1ccc(C)cc1. The van der Waals surface area contributed by atoms with E-state index in [1.165, 1.54) is 7.11 Å². The number of amides is 1. The van der Waals surface area contributed by atoms with Gasteiger partial charge in [0.05, 0.1) is 18.6 Å². The van der Waals surface area contributed by atoms with Gasteiger partial charge in [-0.25, -0.2) is 14.6 Å². The number of methoxy groups -OCH3 is 1. The lowest BCUT2D eigenvalue weighted by Gasteiger charge is -2.05. The zero-order chi connectivity index (χ0) is 24.7. The minimum Gasteiger partial charge on any atom is -0.506 e. The Morgan fingerprint density at radius 2 is 1.74 bits per heavy atom. The van der Waals surface area contributed by atoms with E-state index in [1.54, 1.807) is 61.5 Å². The van der Waals surface area contributed by atoms with Gasteiger partial charge in [0, 0.05) is 5.56 Å². The highest BCUT2D eigenvalue weighted by Crippen LogP contribution is 2.39. The van der Waals surface area contributed by atoms with Crippen LogP contribution in [0.3, 0.4) is 0 Å². The molecule has 2 aromatic rings. The quantitative estimate of drug-likeness (QED) is 0.585. The van der Waals surface area contributed by atoms with Gasteiger partial charge in [-0.3, -0.25) is 4.79 Å². The third-order valence-electron chi connectivity index (χ3n) is 4.63. The number of benzene rings is 2. The van der Waals surface area contributed by atoms with Crippen LogP contribution in [0.4, 0.5) is 0 Å². The molecule has 1 aliphatic heterocycles. The first-order valence-corrected chi connectivity index (χ1v) is 11.1. The number of nitrogens with zero attached hydrogens (tertiary/aromatic N) is 1. The molecule has 0 fully saturated rings. The van der Waals surface area contributed by atoms with Crippen molar-refractivity contribution in [1.82, 2.24) is 0 Å². The van der Waals surface area contributed by atoms with Crippen LogP contribution in [0.25, 0.3) is 6.08 Å². The Labute approximate surface area is 200 Å². The number of carbonyl (C=O) groups is 3. The maximum Gasteiger partial charge on any atom is 0.344 e. The Balaban J connectivity index is 1.87. The summed E-state index contributed by atoms with van der Waals surface area (Å²) in [6, 6.07) is 13.6. The number of aryl methyl sites for hydroxylation is 1. The summed E-state index contributed by atoms with van der Waals surface area (Å²) in [7, 11) is 1.27. The number of hydrogen-bond acceptors (Lipinski definition) is 8. The molecule has 0 radical (unpaired) electrons. The molecule has 1 aliphatic rings. The molecule has 3 rings (SSSR count). The van der Waals surface area contributed by atoms with Crippen LogP contribution in [0.1, 0.15) is 28.4 Å². The normalized spacial score (nSPS) is 15.5. The fourth-order valence-electron chi connectivity index (χ4n) is 2.86. The molecule has 0 atom stereocenters. The van der Waals surface area contributed by atoms with Crippen LogP contribution in [0.2, 0.25) is 0 Å². The van der Waals surface area contributed by atoms with E-state index in [0.717, 1.165) is 17.3 Å². The number of aliphatic imine (C=N–C) groups is 1. The van der Waals surface area contributed by atoms with E-state index in [1.807, 2.05) is 6.92 Å². The number of thioether (sulfide) groups is 1. The topological polar surface area (TPSA) is 111 Å². The van der Waals surface area contributed by atoms with Crippen molar-refractivity contribution >= 4 is 40.7 Å². The number of esters is 2. The molecule has 0 bridgehead atoms. The Bertz CT molecular complexity index is 1180. The van der Waals surface area contributed by atoms with Gasteiger partial charge >= 0.3 is 11.9 Å². The third kappa shape index (κ3) is 6.14.